The van der Waals surface area contributed by atoms with Crippen LogP contribution in [0.5, 0.6) is 0 Å². The molecule has 0 aliphatic carbocycles. The Hall–Kier alpha value is -1.32. The molecular formula is C10H16O4. The van der Waals surface area contributed by atoms with Crippen LogP contribution in [0.15, 0.2) is 11.6 Å². The molecule has 14 heavy (non-hydrogen) atoms. The molecule has 0 aromatic heterocycles. The van der Waals surface area contributed by atoms with E-state index in [4.69, 9.17) is 9.47 Å². The standard InChI is InChI=1S/C10H16O4/c1-7(6-13-9(3)11)5-8(2)14-10(4)12/h5,8H,6H2,1-4H3/b7-5+. The van der Waals surface area contributed by atoms with Gasteiger partial charge in [-0.05, 0) is 25.5 Å². The molecule has 0 radical (unpaired) electrons. The molecule has 0 saturated heterocycles. The summed E-state index contributed by atoms with van der Waals surface area (Å²) in [7, 11) is 0. The first-order valence-electron chi connectivity index (χ1n) is 4.39. The van der Waals surface area contributed by atoms with E-state index in [1.165, 1.54) is 13.8 Å². The first-order chi connectivity index (χ1) is 6.41. The Balaban J connectivity index is 3.95. The second-order valence-electron chi connectivity index (χ2n) is 3.11. The zero-order chi connectivity index (χ0) is 11.1. The normalized spacial score (nSPS) is 13.3. The van der Waals surface area contributed by atoms with Crippen LogP contribution in [0.1, 0.15) is 27.7 Å². The molecule has 0 aliphatic heterocycles. The van der Waals surface area contributed by atoms with Crippen molar-refractivity contribution >= 4 is 11.9 Å². The molecule has 0 saturated carbocycles. The van der Waals surface area contributed by atoms with Crippen molar-refractivity contribution in [3.63, 3.8) is 0 Å². The molecule has 0 N–H and O–H groups in total. The zero-order valence-corrected chi connectivity index (χ0v) is 8.99. The van der Waals surface area contributed by atoms with Crippen LogP contribution in [0.3, 0.4) is 0 Å². The number of rotatable bonds is 4. The predicted molar refractivity (Wildman–Crippen MR) is 51.6 cm³/mol. The van der Waals surface area contributed by atoms with Gasteiger partial charge in [-0.1, -0.05) is 0 Å². The predicted octanol–water partition coefficient (Wildman–Crippen LogP) is 1.45. The van der Waals surface area contributed by atoms with E-state index in [1.54, 1.807) is 13.0 Å². The van der Waals surface area contributed by atoms with Crippen LogP contribution < -0.4 is 0 Å². The highest BCUT2D eigenvalue weighted by Gasteiger charge is 2.02. The topological polar surface area (TPSA) is 52.6 Å². The van der Waals surface area contributed by atoms with Crippen LogP contribution in [-0.2, 0) is 19.1 Å². The minimum absolute atomic E-state index is 0.237. The Morgan fingerprint density at radius 1 is 1.21 bits per heavy atom. The maximum absolute atomic E-state index is 10.6. The van der Waals surface area contributed by atoms with Gasteiger partial charge in [0, 0.05) is 13.8 Å². The smallest absolute Gasteiger partial charge is 0.303 e. The average Bonchev–Trinajstić information content (AvgIpc) is 1.98. The van der Waals surface area contributed by atoms with Crippen LogP contribution in [0.2, 0.25) is 0 Å². The molecule has 0 bridgehead atoms. The second-order valence-corrected chi connectivity index (χ2v) is 3.11. The van der Waals surface area contributed by atoms with Gasteiger partial charge in [-0.15, -0.1) is 0 Å². The average molecular weight is 200 g/mol. The van der Waals surface area contributed by atoms with Gasteiger partial charge in [-0.25, -0.2) is 0 Å². The highest BCUT2D eigenvalue weighted by Crippen LogP contribution is 2.01. The first kappa shape index (κ1) is 12.7. The fourth-order valence-corrected chi connectivity index (χ4v) is 0.960. The van der Waals surface area contributed by atoms with E-state index in [1.807, 2.05) is 6.92 Å². The third-order valence-electron chi connectivity index (χ3n) is 1.37. The van der Waals surface area contributed by atoms with Crippen molar-refractivity contribution in [1.29, 1.82) is 0 Å². The molecule has 0 spiro atoms. The molecule has 0 aliphatic rings. The van der Waals surface area contributed by atoms with Crippen molar-refractivity contribution in [3.8, 4) is 0 Å². The lowest BCUT2D eigenvalue weighted by atomic mass is 10.2. The van der Waals surface area contributed by atoms with Crippen LogP contribution in [0.4, 0.5) is 0 Å². The summed E-state index contributed by atoms with van der Waals surface area (Å²) in [5, 5.41) is 0. The molecule has 80 valence electrons. The summed E-state index contributed by atoms with van der Waals surface area (Å²) < 4.78 is 9.63. The summed E-state index contributed by atoms with van der Waals surface area (Å²) in [6, 6.07) is 0. The molecule has 0 aromatic rings. The Morgan fingerprint density at radius 2 is 1.79 bits per heavy atom. The number of carbonyl (C=O) groups excluding carboxylic acids is 2. The van der Waals surface area contributed by atoms with Gasteiger partial charge in [-0.3, -0.25) is 9.59 Å². The van der Waals surface area contributed by atoms with Gasteiger partial charge in [0.1, 0.15) is 12.7 Å². The van der Waals surface area contributed by atoms with Crippen LogP contribution in [0, 0.1) is 0 Å². The molecular weight excluding hydrogens is 184 g/mol. The summed E-state index contributed by atoms with van der Waals surface area (Å²) in [5.74, 6) is -0.646. The maximum Gasteiger partial charge on any atom is 0.303 e. The van der Waals surface area contributed by atoms with E-state index < -0.39 is 0 Å². The third kappa shape index (κ3) is 7.34. The highest BCUT2D eigenvalue weighted by molar-refractivity contribution is 5.66. The van der Waals surface area contributed by atoms with Gasteiger partial charge in [0.15, 0.2) is 0 Å². The van der Waals surface area contributed by atoms with Crippen molar-refractivity contribution < 1.29 is 19.1 Å². The van der Waals surface area contributed by atoms with E-state index in [2.05, 4.69) is 0 Å². The van der Waals surface area contributed by atoms with Crippen LogP contribution in [-0.4, -0.2) is 24.6 Å². The van der Waals surface area contributed by atoms with Gasteiger partial charge >= 0.3 is 11.9 Å². The zero-order valence-electron chi connectivity index (χ0n) is 8.99. The van der Waals surface area contributed by atoms with Gasteiger partial charge in [0.05, 0.1) is 0 Å². The molecule has 4 heteroatoms. The van der Waals surface area contributed by atoms with Crippen molar-refractivity contribution in [3.05, 3.63) is 11.6 Å². The maximum atomic E-state index is 10.6. The summed E-state index contributed by atoms with van der Waals surface area (Å²) in [6.45, 7) is 6.50. The van der Waals surface area contributed by atoms with E-state index in [0.29, 0.717) is 0 Å². The van der Waals surface area contributed by atoms with E-state index in [0.717, 1.165) is 5.57 Å². The number of hydrogen-bond donors (Lipinski definition) is 0. The number of hydrogen-bond acceptors (Lipinski definition) is 4. The fraction of sp³-hybridized carbons (Fsp3) is 0.600. The Bertz CT molecular complexity index is 243. The lowest BCUT2D eigenvalue weighted by molar-refractivity contribution is -0.144. The summed E-state index contributed by atoms with van der Waals surface area (Å²) in [6.07, 6.45) is 1.45. The third-order valence-corrected chi connectivity index (χ3v) is 1.37. The molecule has 0 heterocycles. The molecule has 0 amide bonds. The second kappa shape index (κ2) is 6.18. The van der Waals surface area contributed by atoms with Crippen molar-refractivity contribution in [2.75, 3.05) is 6.61 Å². The minimum atomic E-state index is -0.325. The molecule has 4 nitrogen and oxygen atoms in total. The van der Waals surface area contributed by atoms with Crippen molar-refractivity contribution in [1.82, 2.24) is 0 Å². The minimum Gasteiger partial charge on any atom is -0.461 e. The number of ether oxygens (including phenoxy) is 2. The SMILES string of the molecule is CC(=O)OC/C(C)=C/C(C)OC(C)=O. The van der Waals surface area contributed by atoms with Gasteiger partial charge in [-0.2, -0.15) is 0 Å². The molecule has 0 aromatic carbocycles. The van der Waals surface area contributed by atoms with E-state index >= 15 is 0 Å². The number of esters is 2. The molecule has 0 rings (SSSR count). The lowest BCUT2D eigenvalue weighted by Crippen LogP contribution is -2.11. The van der Waals surface area contributed by atoms with Crippen LogP contribution >= 0.6 is 0 Å². The molecule has 1 atom stereocenters. The largest absolute Gasteiger partial charge is 0.461 e. The Labute approximate surface area is 83.9 Å². The fourth-order valence-electron chi connectivity index (χ4n) is 0.960. The highest BCUT2D eigenvalue weighted by atomic mass is 16.5. The van der Waals surface area contributed by atoms with Gasteiger partial charge in [0.2, 0.25) is 0 Å². The summed E-state index contributed by atoms with van der Waals surface area (Å²) in [5.41, 5.74) is 0.856. The first-order valence-corrected chi connectivity index (χ1v) is 4.39. The quantitative estimate of drug-likeness (QED) is 0.509. The Kier molecular flexibility index (Phi) is 5.60. The van der Waals surface area contributed by atoms with Gasteiger partial charge < -0.3 is 9.47 Å². The van der Waals surface area contributed by atoms with E-state index in [9.17, 15) is 9.59 Å². The van der Waals surface area contributed by atoms with E-state index in [-0.39, 0.29) is 24.6 Å². The number of carbonyl (C=O) groups is 2. The lowest BCUT2D eigenvalue weighted by Gasteiger charge is -2.08. The van der Waals surface area contributed by atoms with Gasteiger partial charge in [0.25, 0.3) is 0 Å². The van der Waals surface area contributed by atoms with Crippen molar-refractivity contribution in [2.24, 2.45) is 0 Å². The summed E-state index contributed by atoms with van der Waals surface area (Å²) in [4.78, 5) is 21.0. The molecule has 1 unspecified atom stereocenters. The summed E-state index contributed by atoms with van der Waals surface area (Å²) >= 11 is 0. The molecule has 0 fully saturated rings. The Morgan fingerprint density at radius 3 is 2.21 bits per heavy atom. The van der Waals surface area contributed by atoms with Crippen LogP contribution in [0.25, 0.3) is 0 Å². The monoisotopic (exact) mass is 200 g/mol. The van der Waals surface area contributed by atoms with Crippen molar-refractivity contribution in [2.45, 2.75) is 33.8 Å².